The van der Waals surface area contributed by atoms with Gasteiger partial charge in [0.2, 0.25) is 0 Å². The number of thiophene rings is 1. The van der Waals surface area contributed by atoms with Crippen molar-refractivity contribution >= 4 is 38.7 Å². The number of nitrogens with zero attached hydrogens (tertiary/aromatic N) is 4. The van der Waals surface area contributed by atoms with Gasteiger partial charge in [0.1, 0.15) is 5.82 Å². The maximum absolute atomic E-state index is 14.9. The Bertz CT molecular complexity index is 1070. The lowest BCUT2D eigenvalue weighted by Gasteiger charge is -2.35. The van der Waals surface area contributed by atoms with Crippen molar-refractivity contribution < 1.29 is 4.39 Å². The van der Waals surface area contributed by atoms with Crippen LogP contribution in [0, 0.1) is 12.7 Å². The first-order chi connectivity index (χ1) is 15.1. The van der Waals surface area contributed by atoms with Gasteiger partial charge in [-0.1, -0.05) is 19.8 Å². The molecule has 0 spiro atoms. The number of hydrogen-bond donors (Lipinski definition) is 1. The molecule has 1 aliphatic heterocycles. The largest absolute Gasteiger partial charge is 0.368 e. The zero-order chi connectivity index (χ0) is 21.4. The van der Waals surface area contributed by atoms with Crippen molar-refractivity contribution in [2.75, 3.05) is 42.9 Å². The molecule has 2 fully saturated rings. The van der Waals surface area contributed by atoms with E-state index in [2.05, 4.69) is 45.0 Å². The van der Waals surface area contributed by atoms with Crippen LogP contribution < -0.4 is 10.2 Å². The van der Waals surface area contributed by atoms with E-state index in [1.165, 1.54) is 46.2 Å². The van der Waals surface area contributed by atoms with Gasteiger partial charge in [-0.05, 0) is 43.9 Å². The van der Waals surface area contributed by atoms with Gasteiger partial charge >= 0.3 is 0 Å². The molecule has 2 aliphatic rings. The Morgan fingerprint density at radius 3 is 2.58 bits per heavy atom. The molecule has 31 heavy (non-hydrogen) atoms. The summed E-state index contributed by atoms with van der Waals surface area (Å²) in [6.07, 6.45) is 8.83. The van der Waals surface area contributed by atoms with E-state index in [4.69, 9.17) is 0 Å². The molecule has 1 saturated heterocycles. The number of aromatic nitrogens is 2. The minimum absolute atomic E-state index is 0.233. The number of anilines is 3. The highest BCUT2D eigenvalue weighted by Gasteiger charge is 2.23. The Kier molecular flexibility index (Phi) is 5.80. The van der Waals surface area contributed by atoms with Crippen LogP contribution >= 0.6 is 11.3 Å². The van der Waals surface area contributed by atoms with Crippen LogP contribution in [-0.2, 0) is 0 Å². The second-order valence-corrected chi connectivity index (χ2v) is 9.95. The normalized spacial score (nSPS) is 18.2. The minimum Gasteiger partial charge on any atom is -0.368 e. The molecule has 3 aromatic rings. The summed E-state index contributed by atoms with van der Waals surface area (Å²) >= 11 is 1.81. The van der Waals surface area contributed by atoms with Crippen LogP contribution in [0.1, 0.15) is 49.0 Å². The molecule has 1 N–H and O–H groups in total. The zero-order valence-electron chi connectivity index (χ0n) is 18.3. The van der Waals surface area contributed by atoms with Crippen LogP contribution in [-0.4, -0.2) is 47.6 Å². The third kappa shape index (κ3) is 4.13. The quantitative estimate of drug-likeness (QED) is 0.554. The Hall–Kier alpha value is -2.25. The Balaban J connectivity index is 1.36. The topological polar surface area (TPSA) is 44.3 Å². The average molecular weight is 440 g/mol. The van der Waals surface area contributed by atoms with Crippen molar-refractivity contribution in [3.8, 4) is 0 Å². The fourth-order valence-electron chi connectivity index (χ4n) is 5.07. The van der Waals surface area contributed by atoms with Crippen LogP contribution in [0.3, 0.4) is 0 Å². The number of aryl methyl sites for hydroxylation is 1. The summed E-state index contributed by atoms with van der Waals surface area (Å²) in [6.45, 7) is 9.27. The van der Waals surface area contributed by atoms with Crippen molar-refractivity contribution in [1.82, 2.24) is 14.9 Å². The van der Waals surface area contributed by atoms with Crippen molar-refractivity contribution in [3.63, 3.8) is 0 Å². The van der Waals surface area contributed by atoms with Crippen LogP contribution in [0.5, 0.6) is 0 Å². The predicted octanol–water partition coefficient (Wildman–Crippen LogP) is 5.68. The van der Waals surface area contributed by atoms with Crippen molar-refractivity contribution in [3.05, 3.63) is 40.8 Å². The van der Waals surface area contributed by atoms with Crippen LogP contribution in [0.25, 0.3) is 10.1 Å². The predicted molar refractivity (Wildman–Crippen MR) is 127 cm³/mol. The molecule has 7 heteroatoms. The fourth-order valence-corrected chi connectivity index (χ4v) is 6.17. The summed E-state index contributed by atoms with van der Waals surface area (Å²) < 4.78 is 16.1. The fraction of sp³-hybridized carbons (Fsp3) is 0.500. The number of nitrogens with one attached hydrogen (secondary N) is 1. The van der Waals surface area contributed by atoms with Gasteiger partial charge in [0.05, 0.1) is 16.6 Å². The lowest BCUT2D eigenvalue weighted by Crippen LogP contribution is -2.46. The number of pyridine rings is 2. The Labute approximate surface area is 187 Å². The molecule has 1 saturated carbocycles. The maximum atomic E-state index is 14.9. The van der Waals surface area contributed by atoms with Crippen LogP contribution in [0.15, 0.2) is 24.5 Å². The van der Waals surface area contributed by atoms with Crippen molar-refractivity contribution in [1.29, 1.82) is 0 Å². The van der Waals surface area contributed by atoms with E-state index < -0.39 is 0 Å². The molecule has 1 aliphatic carbocycles. The molecular formula is C24H30FN5S. The van der Waals surface area contributed by atoms with Gasteiger partial charge in [-0.3, -0.25) is 0 Å². The van der Waals surface area contributed by atoms with Gasteiger partial charge in [0, 0.05) is 48.7 Å². The highest BCUT2D eigenvalue weighted by Crippen LogP contribution is 2.43. The molecule has 4 heterocycles. The second-order valence-electron chi connectivity index (χ2n) is 8.69. The summed E-state index contributed by atoms with van der Waals surface area (Å²) in [4.78, 5) is 14.9. The SMILES string of the molecule is CCN1CCN(c2cnc(Nc3cc4c(C5CCCC5)c(C)sc4cn3)c(F)c2)CC1. The third-order valence-electron chi connectivity index (χ3n) is 6.82. The molecule has 5 nitrogen and oxygen atoms in total. The molecular weight excluding hydrogens is 409 g/mol. The summed E-state index contributed by atoms with van der Waals surface area (Å²) in [7, 11) is 0. The van der Waals surface area contributed by atoms with E-state index in [9.17, 15) is 4.39 Å². The summed E-state index contributed by atoms with van der Waals surface area (Å²) in [5, 5.41) is 4.38. The Morgan fingerprint density at radius 2 is 1.87 bits per heavy atom. The molecule has 5 rings (SSSR count). The standard InChI is InChI=1S/C24H30FN5S/c1-3-29-8-10-30(11-9-29)18-12-20(25)24(27-14-18)28-22-13-19-21(15-26-22)31-16(2)23(19)17-6-4-5-7-17/h12-15,17H,3-11H2,1-2H3,(H,26,27,28). The number of likely N-dealkylation sites (N-methyl/N-ethyl adjacent to an activating group) is 1. The molecule has 0 atom stereocenters. The molecule has 164 valence electrons. The highest BCUT2D eigenvalue weighted by molar-refractivity contribution is 7.19. The minimum atomic E-state index is -0.338. The second kappa shape index (κ2) is 8.71. The zero-order valence-corrected chi connectivity index (χ0v) is 19.1. The molecule has 0 amide bonds. The van der Waals surface area contributed by atoms with Gasteiger partial charge in [-0.25, -0.2) is 14.4 Å². The number of halogens is 1. The molecule has 0 bridgehead atoms. The van der Waals surface area contributed by atoms with Gasteiger partial charge in [-0.2, -0.15) is 0 Å². The average Bonchev–Trinajstić information content (AvgIpc) is 3.42. The number of fused-ring (bicyclic) bond motifs is 1. The van der Waals surface area contributed by atoms with Gasteiger partial charge < -0.3 is 15.1 Å². The first kappa shape index (κ1) is 20.6. The first-order valence-electron chi connectivity index (χ1n) is 11.4. The molecule has 0 aromatic carbocycles. The van der Waals surface area contributed by atoms with E-state index in [0.29, 0.717) is 11.7 Å². The van der Waals surface area contributed by atoms with E-state index in [-0.39, 0.29) is 11.6 Å². The first-order valence-corrected chi connectivity index (χ1v) is 12.2. The van der Waals surface area contributed by atoms with E-state index in [1.807, 2.05) is 17.5 Å². The van der Waals surface area contributed by atoms with Gasteiger partial charge in [0.15, 0.2) is 11.6 Å². The number of hydrogen-bond acceptors (Lipinski definition) is 6. The van der Waals surface area contributed by atoms with E-state index >= 15 is 0 Å². The summed E-state index contributed by atoms with van der Waals surface area (Å²) in [5.74, 6) is 1.19. The van der Waals surface area contributed by atoms with Crippen LogP contribution in [0.2, 0.25) is 0 Å². The summed E-state index contributed by atoms with van der Waals surface area (Å²) in [6, 6.07) is 3.67. The van der Waals surface area contributed by atoms with E-state index in [1.54, 1.807) is 12.3 Å². The van der Waals surface area contributed by atoms with Gasteiger partial charge in [0.25, 0.3) is 0 Å². The van der Waals surface area contributed by atoms with Crippen LogP contribution in [0.4, 0.5) is 21.7 Å². The monoisotopic (exact) mass is 439 g/mol. The molecule has 0 radical (unpaired) electrons. The molecule has 0 unspecified atom stereocenters. The van der Waals surface area contributed by atoms with Crippen molar-refractivity contribution in [2.24, 2.45) is 0 Å². The van der Waals surface area contributed by atoms with Gasteiger partial charge in [-0.15, -0.1) is 11.3 Å². The maximum Gasteiger partial charge on any atom is 0.167 e. The summed E-state index contributed by atoms with van der Waals surface area (Å²) in [5.41, 5.74) is 2.32. The smallest absolute Gasteiger partial charge is 0.167 e. The van der Waals surface area contributed by atoms with Crippen molar-refractivity contribution in [2.45, 2.75) is 45.4 Å². The number of rotatable bonds is 5. The number of piperazine rings is 1. The molecule has 3 aromatic heterocycles. The lowest BCUT2D eigenvalue weighted by molar-refractivity contribution is 0.271. The highest BCUT2D eigenvalue weighted by atomic mass is 32.1. The Morgan fingerprint density at radius 1 is 1.10 bits per heavy atom. The lowest BCUT2D eigenvalue weighted by atomic mass is 9.95. The van der Waals surface area contributed by atoms with E-state index in [0.717, 1.165) is 38.4 Å². The third-order valence-corrected chi connectivity index (χ3v) is 7.89.